The number of nitrogens with one attached hydrogen (secondary N) is 1. The summed E-state index contributed by atoms with van der Waals surface area (Å²) in [5.74, 6) is -0.701. The lowest BCUT2D eigenvalue weighted by Crippen LogP contribution is -2.34. The summed E-state index contributed by atoms with van der Waals surface area (Å²) in [5.41, 5.74) is 1.71. The quantitative estimate of drug-likeness (QED) is 0.796. The molecule has 0 spiro atoms. The summed E-state index contributed by atoms with van der Waals surface area (Å²) in [6.45, 7) is -0.0378. The number of halogens is 3. The van der Waals surface area contributed by atoms with Crippen LogP contribution < -0.4 is 5.48 Å². The van der Waals surface area contributed by atoms with Gasteiger partial charge in [0.2, 0.25) is 0 Å². The van der Waals surface area contributed by atoms with Gasteiger partial charge >= 0.3 is 6.18 Å². The van der Waals surface area contributed by atoms with Gasteiger partial charge in [-0.05, 0) is 13.0 Å². The van der Waals surface area contributed by atoms with E-state index in [1.165, 1.54) is 24.0 Å². The molecule has 1 amide bonds. The van der Waals surface area contributed by atoms with E-state index in [4.69, 9.17) is 0 Å². The van der Waals surface area contributed by atoms with Crippen LogP contribution in [-0.4, -0.2) is 28.5 Å². The molecule has 1 N–H and O–H groups in total. The maximum absolute atomic E-state index is 11.7. The minimum absolute atomic E-state index is 0.701. The van der Waals surface area contributed by atoms with Crippen LogP contribution in [0.15, 0.2) is 18.5 Å². The Balaban J connectivity index is 2.36. The molecule has 1 unspecified atom stereocenters. The monoisotopic (exact) mass is 237 g/mol. The third kappa shape index (κ3) is 3.89. The van der Waals surface area contributed by atoms with Crippen LogP contribution in [0.1, 0.15) is 13.0 Å². The molecule has 0 aliphatic heterocycles. The zero-order chi connectivity index (χ0) is 12.2. The van der Waals surface area contributed by atoms with Crippen LogP contribution >= 0.6 is 0 Å². The first-order valence-corrected chi connectivity index (χ1v) is 4.37. The summed E-state index contributed by atoms with van der Waals surface area (Å²) in [5, 5.41) is 3.77. The summed E-state index contributed by atoms with van der Waals surface area (Å²) < 4.78 is 36.4. The summed E-state index contributed by atoms with van der Waals surface area (Å²) in [6.07, 6.45) is -1.49. The van der Waals surface area contributed by atoms with Gasteiger partial charge in [0.1, 0.15) is 6.04 Å². The molecule has 1 aromatic heterocycles. The summed E-state index contributed by atoms with van der Waals surface area (Å²) >= 11 is 0. The van der Waals surface area contributed by atoms with Gasteiger partial charge in [0.25, 0.3) is 5.91 Å². The lowest BCUT2D eigenvalue weighted by molar-refractivity contribution is -0.192. The molecule has 16 heavy (non-hydrogen) atoms. The van der Waals surface area contributed by atoms with Crippen LogP contribution in [0.5, 0.6) is 0 Å². The van der Waals surface area contributed by atoms with Gasteiger partial charge in [0, 0.05) is 12.4 Å². The van der Waals surface area contributed by atoms with Crippen LogP contribution in [0.4, 0.5) is 13.2 Å². The van der Waals surface area contributed by atoms with E-state index < -0.39 is 24.7 Å². The molecular weight excluding hydrogens is 227 g/mol. The van der Waals surface area contributed by atoms with Crippen LogP contribution in [0.2, 0.25) is 0 Å². The van der Waals surface area contributed by atoms with E-state index in [0.29, 0.717) is 0 Å². The second kappa shape index (κ2) is 4.97. The molecule has 0 fully saturated rings. The Morgan fingerprint density at radius 1 is 1.62 bits per heavy atom. The molecule has 0 bridgehead atoms. The zero-order valence-electron chi connectivity index (χ0n) is 8.36. The van der Waals surface area contributed by atoms with E-state index >= 15 is 0 Å². The molecule has 5 nitrogen and oxygen atoms in total. The number of rotatable bonds is 4. The van der Waals surface area contributed by atoms with Crippen LogP contribution in [0.25, 0.3) is 0 Å². The minimum atomic E-state index is -4.47. The topological polar surface area (TPSA) is 56.1 Å². The van der Waals surface area contributed by atoms with Crippen molar-refractivity contribution in [2.75, 3.05) is 6.61 Å². The van der Waals surface area contributed by atoms with Crippen molar-refractivity contribution in [1.82, 2.24) is 15.3 Å². The van der Waals surface area contributed by atoms with Crippen LogP contribution in [0.3, 0.4) is 0 Å². The smallest absolute Gasteiger partial charge is 0.270 e. The second-order valence-corrected chi connectivity index (χ2v) is 3.03. The highest BCUT2D eigenvalue weighted by atomic mass is 19.4. The number of hydroxylamine groups is 1. The highest BCUT2D eigenvalue weighted by Crippen LogP contribution is 2.13. The fourth-order valence-corrected chi connectivity index (χ4v) is 0.904. The largest absolute Gasteiger partial charge is 0.414 e. The Kier molecular flexibility index (Phi) is 3.88. The molecule has 1 heterocycles. The van der Waals surface area contributed by atoms with E-state index in [0.717, 1.165) is 0 Å². The van der Waals surface area contributed by atoms with Gasteiger partial charge in [-0.25, -0.2) is 5.48 Å². The summed E-state index contributed by atoms with van der Waals surface area (Å²) in [6, 6.07) is 0.864. The molecule has 0 aromatic carbocycles. The number of carbonyl (C=O) groups excluding carboxylic acids is 1. The van der Waals surface area contributed by atoms with Gasteiger partial charge in [-0.1, -0.05) is 0 Å². The molecule has 1 atom stereocenters. The van der Waals surface area contributed by atoms with E-state index in [1.54, 1.807) is 11.5 Å². The number of nitrogens with zero attached hydrogens (tertiary/aromatic N) is 2. The van der Waals surface area contributed by atoms with E-state index in [1.807, 2.05) is 0 Å². The molecule has 0 saturated heterocycles. The highest BCUT2D eigenvalue weighted by Gasteiger charge is 2.28. The highest BCUT2D eigenvalue weighted by molar-refractivity contribution is 5.78. The number of amides is 1. The predicted molar refractivity (Wildman–Crippen MR) is 47.1 cm³/mol. The predicted octanol–water partition coefficient (Wildman–Crippen LogP) is 1.05. The van der Waals surface area contributed by atoms with E-state index in [9.17, 15) is 18.0 Å². The van der Waals surface area contributed by atoms with E-state index in [-0.39, 0.29) is 0 Å². The molecule has 1 rings (SSSR count). The van der Waals surface area contributed by atoms with Crippen molar-refractivity contribution in [3.8, 4) is 0 Å². The SMILES string of the molecule is CC(C(=O)NOCC(F)(F)F)n1cccn1. The van der Waals surface area contributed by atoms with Gasteiger partial charge in [-0.2, -0.15) is 18.3 Å². The van der Waals surface area contributed by atoms with Gasteiger partial charge in [-0.15, -0.1) is 0 Å². The van der Waals surface area contributed by atoms with Crippen molar-refractivity contribution in [3.63, 3.8) is 0 Å². The molecule has 0 aliphatic rings. The first-order valence-electron chi connectivity index (χ1n) is 4.37. The first-order chi connectivity index (χ1) is 7.40. The maximum atomic E-state index is 11.7. The summed E-state index contributed by atoms with van der Waals surface area (Å²) in [4.78, 5) is 15.3. The fourth-order valence-electron chi connectivity index (χ4n) is 0.904. The van der Waals surface area contributed by atoms with Gasteiger partial charge in [0.05, 0.1) is 0 Å². The Bertz CT molecular complexity index is 337. The number of hydrogen-bond acceptors (Lipinski definition) is 3. The van der Waals surface area contributed by atoms with Crippen molar-refractivity contribution in [1.29, 1.82) is 0 Å². The Morgan fingerprint density at radius 3 is 2.81 bits per heavy atom. The molecule has 1 aromatic rings. The fraction of sp³-hybridized carbons (Fsp3) is 0.500. The van der Waals surface area contributed by atoms with Crippen molar-refractivity contribution in [2.45, 2.75) is 19.1 Å². The average molecular weight is 237 g/mol. The molecule has 90 valence electrons. The van der Waals surface area contributed by atoms with Gasteiger partial charge in [0.15, 0.2) is 6.61 Å². The molecule has 0 aliphatic carbocycles. The van der Waals surface area contributed by atoms with Crippen molar-refractivity contribution < 1.29 is 22.8 Å². The number of hydrogen-bond donors (Lipinski definition) is 1. The van der Waals surface area contributed by atoms with Crippen LogP contribution in [-0.2, 0) is 9.63 Å². The third-order valence-corrected chi connectivity index (χ3v) is 1.71. The zero-order valence-corrected chi connectivity index (χ0v) is 8.36. The first kappa shape index (κ1) is 12.5. The van der Waals surface area contributed by atoms with Gasteiger partial charge < -0.3 is 0 Å². The number of aromatic nitrogens is 2. The lowest BCUT2D eigenvalue weighted by atomic mass is 10.3. The Labute approximate surface area is 89.1 Å². The molecule has 8 heteroatoms. The van der Waals surface area contributed by atoms with Crippen molar-refractivity contribution in [2.24, 2.45) is 0 Å². The van der Waals surface area contributed by atoms with Crippen LogP contribution in [0, 0.1) is 0 Å². The van der Waals surface area contributed by atoms with Crippen molar-refractivity contribution in [3.05, 3.63) is 18.5 Å². The number of alkyl halides is 3. The summed E-state index contributed by atoms with van der Waals surface area (Å²) in [7, 11) is 0. The lowest BCUT2D eigenvalue weighted by Gasteiger charge is -2.13. The Hall–Kier alpha value is -1.57. The third-order valence-electron chi connectivity index (χ3n) is 1.71. The molecular formula is C8H10F3N3O2. The van der Waals surface area contributed by atoms with Crippen molar-refractivity contribution >= 4 is 5.91 Å². The maximum Gasteiger partial charge on any atom is 0.414 e. The average Bonchev–Trinajstić information content (AvgIpc) is 2.67. The second-order valence-electron chi connectivity index (χ2n) is 3.03. The molecule has 0 radical (unpaired) electrons. The normalized spacial score (nSPS) is 13.5. The number of carbonyl (C=O) groups is 1. The van der Waals surface area contributed by atoms with Gasteiger partial charge in [-0.3, -0.25) is 14.3 Å². The Morgan fingerprint density at radius 2 is 2.31 bits per heavy atom. The molecule has 0 saturated carbocycles. The van der Waals surface area contributed by atoms with E-state index in [2.05, 4.69) is 9.94 Å². The standard InChI is InChI=1S/C8H10F3N3O2/c1-6(14-4-2-3-12-14)7(15)13-16-5-8(9,10)11/h2-4,6H,5H2,1H3,(H,13,15). The minimum Gasteiger partial charge on any atom is -0.270 e.